The maximum Gasteiger partial charge on any atom is 0.261 e. The number of hydrogen-bond donors (Lipinski definition) is 0. The van der Waals surface area contributed by atoms with Gasteiger partial charge in [-0.3, -0.25) is 0 Å². The van der Waals surface area contributed by atoms with Crippen LogP contribution in [0.1, 0.15) is 120 Å². The minimum absolute atomic E-state index is 0.609. The van der Waals surface area contributed by atoms with Gasteiger partial charge in [0.1, 0.15) is 0 Å². The van der Waals surface area contributed by atoms with Crippen molar-refractivity contribution in [3.05, 3.63) is 34.9 Å². The molecular weight excluding hydrogens is 387 g/mol. The fourth-order valence-electron chi connectivity index (χ4n) is 4.40. The molecule has 0 aromatic rings. The highest BCUT2D eigenvalue weighted by molar-refractivity contribution is 6.58. The van der Waals surface area contributed by atoms with Gasteiger partial charge in [0.2, 0.25) is 0 Å². The highest BCUT2D eigenvalue weighted by atomic mass is 27.2. The molecule has 0 heterocycles. The standard InChI is InChI=1S/3C10H19.Al/c3*1-5-10(4)8-6-7-9(2)3;/h3*7,10H,1,5-6,8H2,2-4H3;/t3*10-;/m000./s1. The lowest BCUT2D eigenvalue weighted by Crippen LogP contribution is -2.16. The molecular formula is C30H57Al. The second-order valence-corrected chi connectivity index (χ2v) is 15.0. The predicted molar refractivity (Wildman–Crippen MR) is 148 cm³/mol. The molecule has 0 spiro atoms. The van der Waals surface area contributed by atoms with Crippen molar-refractivity contribution in [2.75, 3.05) is 0 Å². The van der Waals surface area contributed by atoms with Gasteiger partial charge >= 0.3 is 0 Å². The van der Waals surface area contributed by atoms with Crippen molar-refractivity contribution in [1.29, 1.82) is 0 Å². The maximum absolute atomic E-state index is 2.49. The third kappa shape index (κ3) is 21.4. The van der Waals surface area contributed by atoms with Crippen molar-refractivity contribution >= 4 is 14.1 Å². The van der Waals surface area contributed by atoms with Crippen molar-refractivity contribution in [3.8, 4) is 0 Å². The molecule has 0 saturated heterocycles. The summed E-state index contributed by atoms with van der Waals surface area (Å²) in [5, 5.41) is 4.74. The van der Waals surface area contributed by atoms with E-state index in [4.69, 9.17) is 0 Å². The Morgan fingerprint density at radius 1 is 0.484 bits per heavy atom. The van der Waals surface area contributed by atoms with Crippen LogP contribution in [0.4, 0.5) is 0 Å². The van der Waals surface area contributed by atoms with Crippen LogP contribution in [0, 0.1) is 17.8 Å². The Morgan fingerprint density at radius 2 is 0.742 bits per heavy atom. The van der Waals surface area contributed by atoms with Crippen molar-refractivity contribution in [2.24, 2.45) is 17.8 Å². The first-order chi connectivity index (χ1) is 14.6. The van der Waals surface area contributed by atoms with Gasteiger partial charge in [-0.25, -0.2) is 0 Å². The van der Waals surface area contributed by atoms with Gasteiger partial charge in [0, 0.05) is 0 Å². The first-order valence-electron chi connectivity index (χ1n) is 13.5. The van der Waals surface area contributed by atoms with E-state index < -0.39 is 14.1 Å². The van der Waals surface area contributed by atoms with Gasteiger partial charge in [0.05, 0.1) is 0 Å². The summed E-state index contributed by atoms with van der Waals surface area (Å²) in [5.41, 5.74) is 4.43. The number of allylic oxidation sites excluding steroid dienone is 6. The largest absolute Gasteiger partial charge is 0.261 e. The summed E-state index contributed by atoms with van der Waals surface area (Å²) in [6.07, 6.45) is 19.7. The van der Waals surface area contributed by atoms with Gasteiger partial charge in [-0.05, 0) is 97.8 Å². The molecule has 0 unspecified atom stereocenters. The maximum atomic E-state index is 2.49. The molecule has 0 aromatic carbocycles. The van der Waals surface area contributed by atoms with Crippen molar-refractivity contribution in [3.63, 3.8) is 0 Å². The highest BCUT2D eigenvalue weighted by Crippen LogP contribution is 2.25. The fourth-order valence-corrected chi connectivity index (χ4v) is 8.38. The zero-order valence-electron chi connectivity index (χ0n) is 23.0. The van der Waals surface area contributed by atoms with E-state index in [0.29, 0.717) is 0 Å². The zero-order chi connectivity index (χ0) is 23.6. The summed E-state index contributed by atoms with van der Waals surface area (Å²) >= 11 is -0.609. The molecule has 0 radical (unpaired) electrons. The lowest BCUT2D eigenvalue weighted by molar-refractivity contribution is 0.499. The second kappa shape index (κ2) is 19.2. The lowest BCUT2D eigenvalue weighted by atomic mass is 10.0. The van der Waals surface area contributed by atoms with Crippen LogP contribution < -0.4 is 0 Å². The molecule has 180 valence electrons. The van der Waals surface area contributed by atoms with Crippen LogP contribution in [0.3, 0.4) is 0 Å². The van der Waals surface area contributed by atoms with E-state index in [9.17, 15) is 0 Å². The van der Waals surface area contributed by atoms with Crippen molar-refractivity contribution in [2.45, 2.75) is 136 Å². The third-order valence-corrected chi connectivity index (χ3v) is 10.3. The van der Waals surface area contributed by atoms with Gasteiger partial charge in [-0.1, -0.05) is 90.8 Å². The molecule has 0 aliphatic carbocycles. The zero-order valence-corrected chi connectivity index (χ0v) is 24.2. The topological polar surface area (TPSA) is 0 Å². The molecule has 3 atom stereocenters. The monoisotopic (exact) mass is 444 g/mol. The fraction of sp³-hybridized carbons (Fsp3) is 0.800. The van der Waals surface area contributed by atoms with Crippen LogP contribution in [0.5, 0.6) is 0 Å². The molecule has 0 aromatic heterocycles. The van der Waals surface area contributed by atoms with E-state index >= 15 is 0 Å². The summed E-state index contributed by atoms with van der Waals surface area (Å²) in [6, 6.07) is 0. The van der Waals surface area contributed by atoms with Gasteiger partial charge in [-0.2, -0.15) is 0 Å². The summed E-state index contributed by atoms with van der Waals surface area (Å²) in [7, 11) is 0. The smallest absolute Gasteiger partial charge is 0.0936 e. The van der Waals surface area contributed by atoms with Gasteiger partial charge in [0.15, 0.2) is 0 Å². The number of hydrogen-bond acceptors (Lipinski definition) is 0. The third-order valence-electron chi connectivity index (χ3n) is 6.84. The first-order valence-corrected chi connectivity index (χ1v) is 15.9. The normalized spacial score (nSPS) is 13.8. The molecule has 0 fully saturated rings. The first kappa shape index (κ1) is 30.8. The molecule has 0 amide bonds. The molecule has 0 aliphatic rings. The molecule has 0 aliphatic heterocycles. The van der Waals surface area contributed by atoms with E-state index in [2.05, 4.69) is 80.5 Å². The van der Waals surface area contributed by atoms with E-state index in [-0.39, 0.29) is 0 Å². The molecule has 1 heteroatoms. The predicted octanol–water partition coefficient (Wildman–Crippen LogP) is 10.8. The van der Waals surface area contributed by atoms with Crippen molar-refractivity contribution < 1.29 is 0 Å². The Bertz CT molecular complexity index is 436. The molecule has 0 bridgehead atoms. The highest BCUT2D eigenvalue weighted by Gasteiger charge is 2.20. The average molecular weight is 445 g/mol. The van der Waals surface area contributed by atoms with Gasteiger partial charge in [0.25, 0.3) is 14.1 Å². The van der Waals surface area contributed by atoms with Gasteiger partial charge in [-0.15, -0.1) is 0 Å². The molecule has 0 rings (SSSR count). The Labute approximate surface area is 202 Å². The van der Waals surface area contributed by atoms with Crippen LogP contribution in [-0.4, -0.2) is 14.1 Å². The Morgan fingerprint density at radius 3 is 0.968 bits per heavy atom. The average Bonchev–Trinajstić information content (AvgIpc) is 2.66. The lowest BCUT2D eigenvalue weighted by Gasteiger charge is -2.19. The van der Waals surface area contributed by atoms with Crippen LogP contribution in [0.2, 0.25) is 15.8 Å². The minimum atomic E-state index is -0.609. The summed E-state index contributed by atoms with van der Waals surface area (Å²) < 4.78 is 0. The summed E-state index contributed by atoms with van der Waals surface area (Å²) in [4.78, 5) is 0. The minimum Gasteiger partial charge on any atom is -0.0936 e. The van der Waals surface area contributed by atoms with Crippen LogP contribution in [0.25, 0.3) is 0 Å². The van der Waals surface area contributed by atoms with Crippen LogP contribution >= 0.6 is 0 Å². The van der Waals surface area contributed by atoms with Gasteiger partial charge < -0.3 is 0 Å². The van der Waals surface area contributed by atoms with E-state index in [1.807, 2.05) is 0 Å². The van der Waals surface area contributed by atoms with E-state index in [0.717, 1.165) is 17.8 Å². The summed E-state index contributed by atoms with van der Waals surface area (Å²) in [5.74, 6) is 2.70. The Balaban J connectivity index is 4.53. The Kier molecular flexibility index (Phi) is 19.1. The SMILES string of the molecule is CC(C)=CCC[C@@H](C)C[CH2][Al]([CH2]C[C@H](C)CCC=C(C)C)[CH2]C[C@H](C)CCC=C(C)C. The molecule has 0 N–H and O–H groups in total. The van der Waals surface area contributed by atoms with Crippen LogP contribution in [0.15, 0.2) is 34.9 Å². The van der Waals surface area contributed by atoms with E-state index in [1.54, 1.807) is 15.8 Å². The Hall–Kier alpha value is -0.248. The second-order valence-electron chi connectivity index (χ2n) is 11.5. The van der Waals surface area contributed by atoms with Crippen LogP contribution in [-0.2, 0) is 0 Å². The summed E-state index contributed by atoms with van der Waals surface area (Å²) in [6.45, 7) is 20.8. The number of rotatable bonds is 18. The van der Waals surface area contributed by atoms with Crippen molar-refractivity contribution in [1.82, 2.24) is 0 Å². The molecule has 0 nitrogen and oxygen atoms in total. The van der Waals surface area contributed by atoms with E-state index in [1.165, 1.54) is 74.5 Å². The molecule has 31 heavy (non-hydrogen) atoms. The quantitative estimate of drug-likeness (QED) is 0.146. The molecule has 0 saturated carbocycles.